The third-order valence-corrected chi connectivity index (χ3v) is 3.97. The highest BCUT2D eigenvalue weighted by atomic mass is 16.6. The number of nitrogens with zero attached hydrogens (tertiary/aromatic N) is 1. The summed E-state index contributed by atoms with van der Waals surface area (Å²) in [5.41, 5.74) is 6.13. The van der Waals surface area contributed by atoms with Gasteiger partial charge in [0.25, 0.3) is 5.69 Å². The largest absolute Gasteiger partial charge is 0.480 e. The van der Waals surface area contributed by atoms with Crippen molar-refractivity contribution in [3.63, 3.8) is 0 Å². The third kappa shape index (κ3) is 3.73. The van der Waals surface area contributed by atoms with Crippen molar-refractivity contribution >= 4 is 11.7 Å². The van der Waals surface area contributed by atoms with Gasteiger partial charge in [-0.1, -0.05) is 42.5 Å². The van der Waals surface area contributed by atoms with Crippen molar-refractivity contribution in [2.75, 3.05) is 0 Å². The lowest BCUT2D eigenvalue weighted by Crippen LogP contribution is -2.50. The maximum absolute atomic E-state index is 11.6. The van der Waals surface area contributed by atoms with Crippen LogP contribution in [0.1, 0.15) is 24.0 Å². The van der Waals surface area contributed by atoms with E-state index in [9.17, 15) is 20.0 Å². The summed E-state index contributed by atoms with van der Waals surface area (Å²) in [5.74, 6) is -1.63. The number of carboxylic acids is 1. The maximum atomic E-state index is 11.6. The highest BCUT2D eigenvalue weighted by Gasteiger charge is 2.38. The van der Waals surface area contributed by atoms with Crippen molar-refractivity contribution in [1.82, 2.24) is 0 Å². The number of nitro benzene ring substituents is 1. The van der Waals surface area contributed by atoms with Gasteiger partial charge in [0, 0.05) is 18.1 Å². The monoisotopic (exact) mass is 314 g/mol. The maximum Gasteiger partial charge on any atom is 0.324 e. The summed E-state index contributed by atoms with van der Waals surface area (Å²) in [6, 6.07) is 15.3. The fraction of sp³-hybridized carbons (Fsp3) is 0.235. The van der Waals surface area contributed by atoms with Gasteiger partial charge >= 0.3 is 5.97 Å². The van der Waals surface area contributed by atoms with Gasteiger partial charge in [-0.3, -0.25) is 14.9 Å². The van der Waals surface area contributed by atoms with Crippen LogP contribution in [0.3, 0.4) is 0 Å². The molecule has 2 aromatic rings. The summed E-state index contributed by atoms with van der Waals surface area (Å²) >= 11 is 0. The Labute approximate surface area is 133 Å². The predicted molar refractivity (Wildman–Crippen MR) is 86.2 cm³/mol. The quantitative estimate of drug-likeness (QED) is 0.630. The third-order valence-electron chi connectivity index (χ3n) is 3.97. The molecule has 0 bridgehead atoms. The van der Waals surface area contributed by atoms with E-state index in [1.54, 1.807) is 12.1 Å². The minimum Gasteiger partial charge on any atom is -0.480 e. The molecule has 0 aliphatic carbocycles. The van der Waals surface area contributed by atoms with Gasteiger partial charge < -0.3 is 10.8 Å². The molecule has 0 aromatic heterocycles. The predicted octanol–water partition coefficient (Wildman–Crippen LogP) is 2.72. The molecule has 0 heterocycles. The summed E-state index contributed by atoms with van der Waals surface area (Å²) in [5, 5.41) is 20.2. The van der Waals surface area contributed by atoms with Gasteiger partial charge in [0.15, 0.2) is 0 Å². The smallest absolute Gasteiger partial charge is 0.324 e. The number of aliphatic carboxylic acids is 1. The van der Waals surface area contributed by atoms with Crippen molar-refractivity contribution in [3.8, 4) is 0 Å². The number of nitro groups is 1. The van der Waals surface area contributed by atoms with E-state index in [0.29, 0.717) is 12.0 Å². The van der Waals surface area contributed by atoms with Crippen LogP contribution in [0.2, 0.25) is 0 Å². The van der Waals surface area contributed by atoms with Crippen LogP contribution in [0.25, 0.3) is 0 Å². The van der Waals surface area contributed by atoms with Crippen molar-refractivity contribution in [2.24, 2.45) is 5.73 Å². The van der Waals surface area contributed by atoms with E-state index in [4.69, 9.17) is 5.73 Å². The van der Waals surface area contributed by atoms with E-state index in [1.165, 1.54) is 19.1 Å². The molecular weight excluding hydrogens is 296 g/mol. The standard InChI is InChI=1S/C17H18N2O4/c1-17(18,16(20)21)15(11-12-5-3-2-4-6-12)13-7-9-14(10-8-13)19(22)23/h2-10,15H,11,18H2,1H3,(H,20,21). The lowest BCUT2D eigenvalue weighted by Gasteiger charge is -2.31. The van der Waals surface area contributed by atoms with E-state index in [2.05, 4.69) is 0 Å². The number of non-ortho nitro benzene ring substituents is 1. The fourth-order valence-electron chi connectivity index (χ4n) is 2.50. The second-order valence-electron chi connectivity index (χ2n) is 5.68. The number of carboxylic acid groups (broad SMARTS) is 1. The van der Waals surface area contributed by atoms with Gasteiger partial charge in [-0.2, -0.15) is 0 Å². The minimum atomic E-state index is -1.49. The number of benzene rings is 2. The molecule has 0 aliphatic heterocycles. The van der Waals surface area contributed by atoms with Crippen LogP contribution in [0.15, 0.2) is 54.6 Å². The van der Waals surface area contributed by atoms with Gasteiger partial charge in [-0.05, 0) is 24.5 Å². The lowest BCUT2D eigenvalue weighted by atomic mass is 9.77. The molecule has 2 atom stereocenters. The molecular formula is C17H18N2O4. The normalized spacial score (nSPS) is 14.7. The van der Waals surface area contributed by atoms with Crippen molar-refractivity contribution in [3.05, 3.63) is 75.8 Å². The fourth-order valence-corrected chi connectivity index (χ4v) is 2.50. The minimum absolute atomic E-state index is 0.0405. The van der Waals surface area contributed by atoms with Gasteiger partial charge in [0.1, 0.15) is 5.54 Å². The Morgan fingerprint density at radius 2 is 1.78 bits per heavy atom. The SMILES string of the molecule is CC(N)(C(=O)O)C(Cc1ccccc1)c1ccc([N+](=O)[O-])cc1. The van der Waals surface area contributed by atoms with Crippen molar-refractivity contribution < 1.29 is 14.8 Å². The molecule has 2 unspecified atom stereocenters. The Kier molecular flexibility index (Phi) is 4.76. The van der Waals surface area contributed by atoms with Crippen molar-refractivity contribution in [1.29, 1.82) is 0 Å². The first-order valence-corrected chi connectivity index (χ1v) is 7.13. The van der Waals surface area contributed by atoms with Crippen LogP contribution in [0, 0.1) is 10.1 Å². The molecule has 0 spiro atoms. The molecule has 2 rings (SSSR count). The zero-order chi connectivity index (χ0) is 17.0. The average molecular weight is 314 g/mol. The molecule has 0 radical (unpaired) electrons. The number of carbonyl (C=O) groups is 1. The number of hydrogen-bond acceptors (Lipinski definition) is 4. The lowest BCUT2D eigenvalue weighted by molar-refractivity contribution is -0.384. The van der Waals surface area contributed by atoms with Gasteiger partial charge in [0.2, 0.25) is 0 Å². The Morgan fingerprint density at radius 3 is 2.26 bits per heavy atom. The first kappa shape index (κ1) is 16.6. The first-order chi connectivity index (χ1) is 10.8. The summed E-state index contributed by atoms with van der Waals surface area (Å²) < 4.78 is 0. The van der Waals surface area contributed by atoms with Crippen LogP contribution in [0.5, 0.6) is 0 Å². The summed E-state index contributed by atoms with van der Waals surface area (Å²) in [6.07, 6.45) is 0.429. The molecule has 0 aliphatic rings. The second-order valence-corrected chi connectivity index (χ2v) is 5.68. The van der Waals surface area contributed by atoms with Gasteiger partial charge in [-0.25, -0.2) is 0 Å². The first-order valence-electron chi connectivity index (χ1n) is 7.13. The van der Waals surface area contributed by atoms with Crippen LogP contribution in [-0.2, 0) is 11.2 Å². The molecule has 0 saturated carbocycles. The van der Waals surface area contributed by atoms with E-state index in [1.807, 2.05) is 30.3 Å². The average Bonchev–Trinajstić information content (AvgIpc) is 2.53. The molecule has 120 valence electrons. The molecule has 0 saturated heterocycles. The highest BCUT2D eigenvalue weighted by Crippen LogP contribution is 2.31. The van der Waals surface area contributed by atoms with Crippen LogP contribution in [0.4, 0.5) is 5.69 Å². The summed E-state index contributed by atoms with van der Waals surface area (Å²) in [7, 11) is 0. The molecule has 3 N–H and O–H groups in total. The molecule has 0 amide bonds. The Bertz CT molecular complexity index is 696. The molecule has 6 nitrogen and oxygen atoms in total. The zero-order valence-electron chi connectivity index (χ0n) is 12.7. The summed E-state index contributed by atoms with van der Waals surface area (Å²) in [6.45, 7) is 1.46. The van der Waals surface area contributed by atoms with E-state index >= 15 is 0 Å². The van der Waals surface area contributed by atoms with Crippen LogP contribution >= 0.6 is 0 Å². The number of rotatable bonds is 6. The summed E-state index contributed by atoms with van der Waals surface area (Å²) in [4.78, 5) is 21.8. The highest BCUT2D eigenvalue weighted by molar-refractivity contribution is 5.79. The van der Waals surface area contributed by atoms with E-state index in [-0.39, 0.29) is 5.69 Å². The molecule has 6 heteroatoms. The zero-order valence-corrected chi connectivity index (χ0v) is 12.7. The van der Waals surface area contributed by atoms with Gasteiger partial charge in [-0.15, -0.1) is 0 Å². The van der Waals surface area contributed by atoms with Crippen LogP contribution < -0.4 is 5.73 Å². The number of nitrogens with two attached hydrogens (primary N) is 1. The Balaban J connectivity index is 2.40. The topological polar surface area (TPSA) is 106 Å². The van der Waals surface area contributed by atoms with Gasteiger partial charge in [0.05, 0.1) is 4.92 Å². The molecule has 0 fully saturated rings. The Hall–Kier alpha value is -2.73. The van der Waals surface area contributed by atoms with Crippen LogP contribution in [-0.4, -0.2) is 21.5 Å². The van der Waals surface area contributed by atoms with E-state index in [0.717, 1.165) is 5.56 Å². The Morgan fingerprint density at radius 1 is 1.22 bits per heavy atom. The second kappa shape index (κ2) is 6.58. The van der Waals surface area contributed by atoms with E-state index < -0.39 is 22.3 Å². The molecule has 2 aromatic carbocycles. The van der Waals surface area contributed by atoms with Crippen molar-refractivity contribution in [2.45, 2.75) is 24.8 Å². The number of hydrogen-bond donors (Lipinski definition) is 2. The molecule has 23 heavy (non-hydrogen) atoms.